The summed E-state index contributed by atoms with van der Waals surface area (Å²) in [6, 6.07) is 6.19. The predicted octanol–water partition coefficient (Wildman–Crippen LogP) is 5.01. The lowest BCUT2D eigenvalue weighted by molar-refractivity contribution is 0.645. The van der Waals surface area contributed by atoms with Crippen LogP contribution in [0.1, 0.15) is 12.8 Å². The van der Waals surface area contributed by atoms with E-state index >= 15 is 0 Å². The molecular formula is C17H16BrN5S2. The Kier molecular flexibility index (Phi) is 5.00. The van der Waals surface area contributed by atoms with Gasteiger partial charge in [0.15, 0.2) is 5.65 Å². The summed E-state index contributed by atoms with van der Waals surface area (Å²) in [5.74, 6) is 1.19. The van der Waals surface area contributed by atoms with Gasteiger partial charge in [-0.25, -0.2) is 15.0 Å². The number of fused-ring (bicyclic) bond motifs is 2. The van der Waals surface area contributed by atoms with Gasteiger partial charge < -0.3 is 4.57 Å². The van der Waals surface area contributed by atoms with Gasteiger partial charge >= 0.3 is 0 Å². The van der Waals surface area contributed by atoms with Crippen LogP contribution < -0.4 is 0 Å². The molecule has 3 aromatic heterocycles. The van der Waals surface area contributed by atoms with E-state index in [-0.39, 0.29) is 0 Å². The summed E-state index contributed by atoms with van der Waals surface area (Å²) in [6.45, 7) is 0.937. The molecule has 0 aliphatic heterocycles. The fraction of sp³-hybridized carbons (Fsp3) is 0.294. The van der Waals surface area contributed by atoms with E-state index in [1.165, 1.54) is 23.7 Å². The van der Waals surface area contributed by atoms with Gasteiger partial charge in [0.25, 0.3) is 0 Å². The van der Waals surface area contributed by atoms with Crippen LogP contribution in [0.25, 0.3) is 33.3 Å². The van der Waals surface area contributed by atoms with Crippen molar-refractivity contribution in [2.75, 3.05) is 12.0 Å². The molecule has 0 fully saturated rings. The number of thioether (sulfide) groups is 1. The summed E-state index contributed by atoms with van der Waals surface area (Å²) in [6.07, 6.45) is 7.98. The number of hydrogen-bond donors (Lipinski definition) is 0. The molecule has 0 N–H and O–H groups in total. The molecule has 0 aliphatic carbocycles. The van der Waals surface area contributed by atoms with Crippen molar-refractivity contribution in [1.82, 2.24) is 23.9 Å². The quantitative estimate of drug-likeness (QED) is 0.400. The second-order valence-electron chi connectivity index (χ2n) is 5.72. The second kappa shape index (κ2) is 7.39. The number of rotatable bonds is 6. The summed E-state index contributed by atoms with van der Waals surface area (Å²) < 4.78 is 7.57. The minimum absolute atomic E-state index is 0.853. The molecule has 0 amide bonds. The van der Waals surface area contributed by atoms with Crippen LogP contribution in [-0.4, -0.2) is 35.9 Å². The van der Waals surface area contributed by atoms with Crippen molar-refractivity contribution in [3.05, 3.63) is 34.6 Å². The molecule has 4 aromatic rings. The Bertz CT molecular complexity index is 1030. The third kappa shape index (κ3) is 3.30. The van der Waals surface area contributed by atoms with Crippen LogP contribution in [0.5, 0.6) is 0 Å². The van der Waals surface area contributed by atoms with Gasteiger partial charge in [0, 0.05) is 17.5 Å². The molecule has 3 heterocycles. The molecule has 1 aromatic carbocycles. The van der Waals surface area contributed by atoms with Crippen molar-refractivity contribution in [1.29, 1.82) is 0 Å². The molecule has 4 rings (SSSR count). The summed E-state index contributed by atoms with van der Waals surface area (Å²) in [5, 5.41) is 1.10. The first kappa shape index (κ1) is 16.9. The van der Waals surface area contributed by atoms with Crippen molar-refractivity contribution >= 4 is 61.3 Å². The highest BCUT2D eigenvalue weighted by Crippen LogP contribution is 2.32. The fourth-order valence-electron chi connectivity index (χ4n) is 2.84. The molecule has 0 aliphatic rings. The molecule has 0 radical (unpaired) electrons. The molecular weight excluding hydrogens is 418 g/mol. The minimum Gasteiger partial charge on any atom is -0.315 e. The maximum atomic E-state index is 4.59. The van der Waals surface area contributed by atoms with Gasteiger partial charge in [-0.3, -0.25) is 0 Å². The summed E-state index contributed by atoms with van der Waals surface area (Å²) in [4.78, 5) is 13.6. The molecule has 5 nitrogen and oxygen atoms in total. The first-order valence-electron chi connectivity index (χ1n) is 7.98. The molecule has 25 heavy (non-hydrogen) atoms. The van der Waals surface area contributed by atoms with Crippen LogP contribution in [-0.2, 0) is 6.54 Å². The van der Waals surface area contributed by atoms with E-state index in [2.05, 4.69) is 52.1 Å². The van der Waals surface area contributed by atoms with Gasteiger partial charge in [-0.05, 0) is 64.4 Å². The van der Waals surface area contributed by atoms with E-state index in [1.807, 2.05) is 30.2 Å². The second-order valence-corrected chi connectivity index (χ2v) is 8.80. The highest BCUT2D eigenvalue weighted by atomic mass is 79.9. The normalized spacial score (nSPS) is 11.6. The number of nitrogens with zero attached hydrogens (tertiary/aromatic N) is 5. The van der Waals surface area contributed by atoms with E-state index in [0.29, 0.717) is 0 Å². The monoisotopic (exact) mass is 433 g/mol. The van der Waals surface area contributed by atoms with Gasteiger partial charge in [-0.1, -0.05) is 6.07 Å². The lowest BCUT2D eigenvalue weighted by Gasteiger charge is -2.05. The number of unbranched alkanes of at least 4 members (excludes halogenated alkanes) is 1. The van der Waals surface area contributed by atoms with Gasteiger partial charge in [0.05, 0.1) is 15.6 Å². The molecule has 0 bridgehead atoms. The summed E-state index contributed by atoms with van der Waals surface area (Å²) >= 11 is 6.91. The Morgan fingerprint density at radius 1 is 1.20 bits per heavy atom. The number of aryl methyl sites for hydroxylation is 1. The van der Waals surface area contributed by atoms with Crippen molar-refractivity contribution in [3.8, 4) is 11.3 Å². The SMILES string of the molecule is CSCCCCn1cnc2c(-c3ccc4nsc(Br)c4c3)ncnc21. The molecule has 8 heteroatoms. The largest absolute Gasteiger partial charge is 0.315 e. The summed E-state index contributed by atoms with van der Waals surface area (Å²) in [7, 11) is 0. The average Bonchev–Trinajstić information content (AvgIpc) is 3.22. The molecule has 0 saturated carbocycles. The van der Waals surface area contributed by atoms with E-state index in [9.17, 15) is 0 Å². The van der Waals surface area contributed by atoms with E-state index in [0.717, 1.165) is 50.1 Å². The van der Waals surface area contributed by atoms with Crippen LogP contribution in [0, 0.1) is 0 Å². The first-order valence-corrected chi connectivity index (χ1v) is 10.9. The number of aromatic nitrogens is 5. The highest BCUT2D eigenvalue weighted by molar-refractivity contribution is 9.11. The van der Waals surface area contributed by atoms with Crippen molar-refractivity contribution in [3.63, 3.8) is 0 Å². The Balaban J connectivity index is 1.71. The standard InChI is InChI=1S/C17H16BrN5S2/c1-24-7-3-2-6-23-10-21-15-14(19-9-20-17(15)23)11-4-5-13-12(8-11)16(18)25-22-13/h4-5,8-10H,2-3,6-7H2,1H3. The number of halogens is 1. The Morgan fingerprint density at radius 3 is 3.00 bits per heavy atom. The Labute approximate surface area is 162 Å². The van der Waals surface area contributed by atoms with Crippen LogP contribution in [0.4, 0.5) is 0 Å². The van der Waals surface area contributed by atoms with Crippen molar-refractivity contribution < 1.29 is 0 Å². The van der Waals surface area contributed by atoms with Crippen molar-refractivity contribution in [2.45, 2.75) is 19.4 Å². The third-order valence-electron chi connectivity index (χ3n) is 4.10. The minimum atomic E-state index is 0.853. The van der Waals surface area contributed by atoms with Crippen LogP contribution in [0.15, 0.2) is 34.6 Å². The zero-order chi connectivity index (χ0) is 17.2. The van der Waals surface area contributed by atoms with Crippen LogP contribution in [0.3, 0.4) is 0 Å². The van der Waals surface area contributed by atoms with E-state index < -0.39 is 0 Å². The first-order chi connectivity index (χ1) is 12.3. The molecule has 0 unspecified atom stereocenters. The zero-order valence-electron chi connectivity index (χ0n) is 13.6. The number of imidazole rings is 1. The third-order valence-corrected chi connectivity index (χ3v) is 6.33. The predicted molar refractivity (Wildman–Crippen MR) is 109 cm³/mol. The van der Waals surface area contributed by atoms with Crippen LogP contribution in [0.2, 0.25) is 0 Å². The zero-order valence-corrected chi connectivity index (χ0v) is 16.9. The maximum Gasteiger partial charge on any atom is 0.163 e. The van der Waals surface area contributed by atoms with Gasteiger partial charge in [-0.2, -0.15) is 16.1 Å². The number of hydrogen-bond acceptors (Lipinski definition) is 6. The van der Waals surface area contributed by atoms with E-state index in [1.54, 1.807) is 6.33 Å². The lowest BCUT2D eigenvalue weighted by Crippen LogP contribution is -1.99. The van der Waals surface area contributed by atoms with E-state index in [4.69, 9.17) is 0 Å². The molecule has 0 atom stereocenters. The fourth-order valence-corrected chi connectivity index (χ4v) is 4.47. The van der Waals surface area contributed by atoms with Gasteiger partial charge in [0.1, 0.15) is 17.5 Å². The molecule has 0 saturated heterocycles. The molecule has 128 valence electrons. The van der Waals surface area contributed by atoms with Crippen LogP contribution >= 0.6 is 39.2 Å². The topological polar surface area (TPSA) is 56.5 Å². The highest BCUT2D eigenvalue weighted by Gasteiger charge is 2.13. The smallest absolute Gasteiger partial charge is 0.163 e. The van der Waals surface area contributed by atoms with Gasteiger partial charge in [-0.15, -0.1) is 0 Å². The lowest BCUT2D eigenvalue weighted by atomic mass is 10.1. The number of benzene rings is 1. The molecule has 0 spiro atoms. The Hall–Kier alpha value is -1.51. The van der Waals surface area contributed by atoms with Gasteiger partial charge in [0.2, 0.25) is 0 Å². The Morgan fingerprint density at radius 2 is 2.12 bits per heavy atom. The van der Waals surface area contributed by atoms with Crippen molar-refractivity contribution in [2.24, 2.45) is 0 Å². The average molecular weight is 434 g/mol. The summed E-state index contributed by atoms with van der Waals surface area (Å²) in [5.41, 5.74) is 4.65. The maximum absolute atomic E-state index is 4.59.